The Labute approximate surface area is 109 Å². The summed E-state index contributed by atoms with van der Waals surface area (Å²) in [6.07, 6.45) is 4.42. The number of nitrogens with two attached hydrogens (primary N) is 1. The van der Waals surface area contributed by atoms with Gasteiger partial charge in [0.25, 0.3) is 0 Å². The molecule has 0 amide bonds. The lowest BCUT2D eigenvalue weighted by Crippen LogP contribution is -2.47. The molecular weight excluding hydrogens is 283 g/mol. The van der Waals surface area contributed by atoms with Gasteiger partial charge in [-0.25, -0.2) is 4.39 Å². The molecule has 4 heteroatoms. The molecule has 2 unspecified atom stereocenters. The van der Waals surface area contributed by atoms with E-state index in [9.17, 15) is 4.39 Å². The Bertz CT molecular complexity index is 423. The summed E-state index contributed by atoms with van der Waals surface area (Å²) in [5.41, 5.74) is 7.04. The van der Waals surface area contributed by atoms with Crippen LogP contribution in [0.4, 0.5) is 10.1 Å². The van der Waals surface area contributed by atoms with Crippen LogP contribution in [-0.2, 0) is 0 Å². The highest BCUT2D eigenvalue weighted by molar-refractivity contribution is 9.10. The van der Waals surface area contributed by atoms with Gasteiger partial charge in [-0.2, -0.15) is 0 Å². The van der Waals surface area contributed by atoms with E-state index >= 15 is 0 Å². The highest BCUT2D eigenvalue weighted by atomic mass is 79.9. The van der Waals surface area contributed by atoms with Gasteiger partial charge in [0.1, 0.15) is 5.82 Å². The molecule has 2 aliphatic heterocycles. The summed E-state index contributed by atoms with van der Waals surface area (Å²) < 4.78 is 14.4. The van der Waals surface area contributed by atoms with Gasteiger partial charge in [0.05, 0.1) is 5.69 Å². The monoisotopic (exact) mass is 298 g/mol. The summed E-state index contributed by atoms with van der Waals surface area (Å²) >= 11 is 3.52. The van der Waals surface area contributed by atoms with Gasteiger partial charge in [0.2, 0.25) is 0 Å². The molecule has 17 heavy (non-hydrogen) atoms. The largest absolute Gasteiger partial charge is 0.364 e. The Morgan fingerprint density at radius 2 is 1.88 bits per heavy atom. The van der Waals surface area contributed by atoms with E-state index in [-0.39, 0.29) is 5.82 Å². The lowest BCUT2D eigenvalue weighted by atomic mass is 9.97. The fraction of sp³-hybridized carbons (Fsp3) is 0.538. The van der Waals surface area contributed by atoms with E-state index in [4.69, 9.17) is 5.73 Å². The van der Waals surface area contributed by atoms with Crippen molar-refractivity contribution in [3.05, 3.63) is 28.5 Å². The van der Waals surface area contributed by atoms with Crippen LogP contribution in [0.15, 0.2) is 22.7 Å². The van der Waals surface area contributed by atoms with Crippen LogP contribution in [0.25, 0.3) is 0 Å². The van der Waals surface area contributed by atoms with E-state index in [1.54, 1.807) is 12.1 Å². The summed E-state index contributed by atoms with van der Waals surface area (Å²) in [5, 5.41) is 0. The minimum absolute atomic E-state index is 0.169. The first kappa shape index (κ1) is 11.5. The average molecular weight is 299 g/mol. The molecule has 0 spiro atoms. The summed E-state index contributed by atoms with van der Waals surface area (Å²) in [6, 6.07) is 6.20. The number of benzene rings is 1. The van der Waals surface area contributed by atoms with Crippen LogP contribution in [0.1, 0.15) is 25.7 Å². The van der Waals surface area contributed by atoms with Crippen molar-refractivity contribution in [2.24, 2.45) is 5.73 Å². The first-order valence-corrected chi connectivity index (χ1v) is 6.93. The van der Waals surface area contributed by atoms with Crippen molar-refractivity contribution in [3.8, 4) is 0 Å². The fourth-order valence-electron chi connectivity index (χ4n) is 3.30. The zero-order valence-corrected chi connectivity index (χ0v) is 11.2. The summed E-state index contributed by atoms with van der Waals surface area (Å²) in [6.45, 7) is 0. The Kier molecular flexibility index (Phi) is 2.87. The molecule has 2 heterocycles. The van der Waals surface area contributed by atoms with Gasteiger partial charge >= 0.3 is 0 Å². The molecule has 3 rings (SSSR count). The molecule has 2 saturated heterocycles. The lowest BCUT2D eigenvalue weighted by molar-refractivity contribution is 0.414. The second-order valence-electron chi connectivity index (χ2n) is 5.12. The standard InChI is InChI=1S/C13H16BrFN2/c14-12-4-1-8(15)5-13(12)17-10-2-3-11(17)7-9(16)6-10/h1,4-5,9-11H,2-3,6-7,16H2. The van der Waals surface area contributed by atoms with E-state index in [0.717, 1.165) is 23.0 Å². The van der Waals surface area contributed by atoms with E-state index in [1.807, 2.05) is 0 Å². The number of hydrogen-bond acceptors (Lipinski definition) is 2. The molecule has 92 valence electrons. The van der Waals surface area contributed by atoms with Crippen molar-refractivity contribution in [1.82, 2.24) is 0 Å². The number of fused-ring (bicyclic) bond motifs is 2. The van der Waals surface area contributed by atoms with Crippen molar-refractivity contribution in [2.75, 3.05) is 4.90 Å². The second-order valence-corrected chi connectivity index (χ2v) is 5.97. The Hall–Kier alpha value is -0.610. The van der Waals surface area contributed by atoms with Crippen LogP contribution >= 0.6 is 15.9 Å². The normalized spacial score (nSPS) is 31.9. The molecule has 2 N–H and O–H groups in total. The van der Waals surface area contributed by atoms with Crippen molar-refractivity contribution in [2.45, 2.75) is 43.8 Å². The molecule has 2 fully saturated rings. The summed E-state index contributed by atoms with van der Waals surface area (Å²) in [5.74, 6) is -0.169. The molecule has 0 aromatic heterocycles. The molecule has 0 radical (unpaired) electrons. The lowest BCUT2D eigenvalue weighted by Gasteiger charge is -2.40. The van der Waals surface area contributed by atoms with Crippen LogP contribution in [0, 0.1) is 5.82 Å². The third kappa shape index (κ3) is 1.97. The van der Waals surface area contributed by atoms with Crippen LogP contribution in [0.2, 0.25) is 0 Å². The number of anilines is 1. The van der Waals surface area contributed by atoms with Gasteiger partial charge in [0, 0.05) is 22.6 Å². The number of halogens is 2. The van der Waals surface area contributed by atoms with Crippen molar-refractivity contribution in [3.63, 3.8) is 0 Å². The molecule has 0 saturated carbocycles. The molecule has 2 atom stereocenters. The van der Waals surface area contributed by atoms with Crippen LogP contribution in [0.5, 0.6) is 0 Å². The second kappa shape index (κ2) is 4.25. The molecule has 2 nitrogen and oxygen atoms in total. The van der Waals surface area contributed by atoms with Gasteiger partial charge in [-0.3, -0.25) is 0 Å². The Balaban J connectivity index is 1.97. The van der Waals surface area contributed by atoms with Gasteiger partial charge in [-0.1, -0.05) is 0 Å². The topological polar surface area (TPSA) is 29.3 Å². The maximum absolute atomic E-state index is 13.4. The first-order chi connectivity index (χ1) is 8.15. The zero-order chi connectivity index (χ0) is 12.0. The van der Waals surface area contributed by atoms with Gasteiger partial charge in [-0.15, -0.1) is 0 Å². The predicted octanol–water partition coefficient (Wildman–Crippen LogP) is 3.05. The molecule has 1 aromatic carbocycles. The summed E-state index contributed by atoms with van der Waals surface area (Å²) in [7, 11) is 0. The molecule has 2 aliphatic rings. The third-order valence-electron chi connectivity index (χ3n) is 3.96. The zero-order valence-electron chi connectivity index (χ0n) is 9.57. The molecule has 2 bridgehead atoms. The summed E-state index contributed by atoms with van der Waals surface area (Å²) in [4.78, 5) is 2.37. The smallest absolute Gasteiger partial charge is 0.125 e. The number of hydrogen-bond donors (Lipinski definition) is 1. The molecule has 1 aromatic rings. The Morgan fingerprint density at radius 3 is 2.53 bits per heavy atom. The van der Waals surface area contributed by atoms with E-state index in [2.05, 4.69) is 20.8 Å². The fourth-order valence-corrected chi connectivity index (χ4v) is 3.75. The van der Waals surface area contributed by atoms with Crippen molar-refractivity contribution < 1.29 is 4.39 Å². The number of nitrogens with zero attached hydrogens (tertiary/aromatic N) is 1. The Morgan fingerprint density at radius 1 is 1.24 bits per heavy atom. The van der Waals surface area contributed by atoms with Crippen molar-refractivity contribution >= 4 is 21.6 Å². The minimum atomic E-state index is -0.169. The van der Waals surface area contributed by atoms with E-state index in [0.29, 0.717) is 18.1 Å². The highest BCUT2D eigenvalue weighted by Crippen LogP contribution is 2.41. The third-order valence-corrected chi connectivity index (χ3v) is 4.63. The molecule has 0 aliphatic carbocycles. The predicted molar refractivity (Wildman–Crippen MR) is 70.6 cm³/mol. The number of piperidine rings is 1. The SMILES string of the molecule is NC1CC2CCC(C1)N2c1cc(F)ccc1Br. The number of rotatable bonds is 1. The van der Waals surface area contributed by atoms with Crippen LogP contribution in [0.3, 0.4) is 0 Å². The van der Waals surface area contributed by atoms with Gasteiger partial charge in [0.15, 0.2) is 0 Å². The van der Waals surface area contributed by atoms with Gasteiger partial charge < -0.3 is 10.6 Å². The van der Waals surface area contributed by atoms with Crippen LogP contribution in [-0.4, -0.2) is 18.1 Å². The van der Waals surface area contributed by atoms with Crippen LogP contribution < -0.4 is 10.6 Å². The highest BCUT2D eigenvalue weighted by Gasteiger charge is 2.40. The van der Waals surface area contributed by atoms with Gasteiger partial charge in [-0.05, 0) is 59.8 Å². The average Bonchev–Trinajstić information content (AvgIpc) is 2.54. The first-order valence-electron chi connectivity index (χ1n) is 6.14. The van der Waals surface area contributed by atoms with Crippen molar-refractivity contribution in [1.29, 1.82) is 0 Å². The van der Waals surface area contributed by atoms with E-state index in [1.165, 1.54) is 18.9 Å². The minimum Gasteiger partial charge on any atom is -0.364 e. The maximum Gasteiger partial charge on any atom is 0.125 e. The maximum atomic E-state index is 13.4. The molecular formula is C13H16BrFN2. The quantitative estimate of drug-likeness (QED) is 0.863. The van der Waals surface area contributed by atoms with E-state index < -0.39 is 0 Å².